The van der Waals surface area contributed by atoms with E-state index in [4.69, 9.17) is 14.5 Å². The fourth-order valence-corrected chi connectivity index (χ4v) is 8.64. The third-order valence-electron chi connectivity index (χ3n) is 12.6. The minimum atomic E-state index is -0.732. The number of benzene rings is 3. The first-order valence-corrected chi connectivity index (χ1v) is 21.0. The Morgan fingerprint density at radius 3 is 1.87 bits per heavy atom. The van der Waals surface area contributed by atoms with E-state index < -0.39 is 24.3 Å². The molecule has 1 unspecified atom stereocenters. The van der Waals surface area contributed by atoms with Gasteiger partial charge in [0, 0.05) is 41.3 Å². The van der Waals surface area contributed by atoms with Gasteiger partial charge in [-0.2, -0.15) is 0 Å². The summed E-state index contributed by atoms with van der Waals surface area (Å²) in [5, 5.41) is 8.09. The van der Waals surface area contributed by atoms with Crippen LogP contribution >= 0.6 is 0 Å². The molecular formula is C46H55N7O7. The average Bonchev–Trinajstić information content (AvgIpc) is 4.08. The zero-order chi connectivity index (χ0) is 42.7. The molecule has 7 rings (SSSR count). The number of likely N-dealkylation sites (tertiary alicyclic amines) is 2. The Hall–Kier alpha value is -6.18. The average molecular weight is 818 g/mol. The van der Waals surface area contributed by atoms with Gasteiger partial charge in [0.05, 0.1) is 38.2 Å². The van der Waals surface area contributed by atoms with Crippen molar-refractivity contribution in [2.45, 2.75) is 90.4 Å². The van der Waals surface area contributed by atoms with E-state index >= 15 is 0 Å². The second-order valence-electron chi connectivity index (χ2n) is 16.2. The quantitative estimate of drug-likeness (QED) is 0.0994. The van der Waals surface area contributed by atoms with Gasteiger partial charge in [-0.25, -0.2) is 14.6 Å². The monoisotopic (exact) mass is 817 g/mol. The van der Waals surface area contributed by atoms with E-state index in [1.54, 1.807) is 17.2 Å². The van der Waals surface area contributed by atoms with Gasteiger partial charge in [-0.15, -0.1) is 0 Å². The number of rotatable bonds is 12. The highest BCUT2D eigenvalue weighted by molar-refractivity contribution is 5.93. The van der Waals surface area contributed by atoms with Crippen LogP contribution in [0.25, 0.3) is 44.1 Å². The lowest BCUT2D eigenvalue weighted by molar-refractivity contribution is -0.136. The molecule has 14 heteroatoms. The normalized spacial score (nSPS) is 18.6. The summed E-state index contributed by atoms with van der Waals surface area (Å²) in [7, 11) is 2.57. The summed E-state index contributed by atoms with van der Waals surface area (Å²) in [6.45, 7) is 8.96. The number of hydrogen-bond donors (Lipinski definition) is 4. The van der Waals surface area contributed by atoms with Crippen molar-refractivity contribution in [1.29, 1.82) is 0 Å². The Morgan fingerprint density at radius 2 is 1.27 bits per heavy atom. The molecule has 3 aromatic carbocycles. The highest BCUT2D eigenvalue weighted by atomic mass is 16.5. The number of carbonyl (C=O) groups excluding carboxylic acids is 4. The fraction of sp³-hybridized carbons (Fsp3) is 0.435. The number of aromatic nitrogens is 3. The molecule has 0 aliphatic carbocycles. The van der Waals surface area contributed by atoms with Crippen LogP contribution in [-0.4, -0.2) is 88.1 Å². The van der Waals surface area contributed by atoms with Gasteiger partial charge in [0.15, 0.2) is 5.43 Å². The number of pyridine rings is 1. The van der Waals surface area contributed by atoms with Gasteiger partial charge in [0.25, 0.3) is 0 Å². The lowest BCUT2D eigenvalue weighted by Crippen LogP contribution is -2.51. The molecule has 4 heterocycles. The molecule has 316 valence electrons. The number of methoxy groups -OCH3 is 2. The van der Waals surface area contributed by atoms with Crippen LogP contribution in [0.4, 0.5) is 9.59 Å². The first-order valence-electron chi connectivity index (χ1n) is 21.0. The number of imidazole rings is 1. The maximum atomic E-state index is 13.8. The van der Waals surface area contributed by atoms with Crippen LogP contribution in [0, 0.1) is 11.8 Å². The molecule has 6 atom stereocenters. The number of hydrogen-bond acceptors (Lipinski definition) is 8. The number of nitrogens with zero attached hydrogens (tertiary/aromatic N) is 3. The number of fused-ring (bicyclic) bond motifs is 2. The van der Waals surface area contributed by atoms with Gasteiger partial charge in [-0.05, 0) is 83.7 Å². The third-order valence-corrected chi connectivity index (χ3v) is 12.6. The Kier molecular flexibility index (Phi) is 12.6. The third kappa shape index (κ3) is 8.45. The van der Waals surface area contributed by atoms with E-state index in [2.05, 4.69) is 44.9 Å². The number of nitrogens with one attached hydrogen (secondary N) is 4. The van der Waals surface area contributed by atoms with Crippen LogP contribution in [0.15, 0.2) is 71.7 Å². The summed E-state index contributed by atoms with van der Waals surface area (Å²) < 4.78 is 9.61. The molecule has 2 fully saturated rings. The van der Waals surface area contributed by atoms with Crippen LogP contribution in [0.3, 0.4) is 0 Å². The zero-order valence-electron chi connectivity index (χ0n) is 35.2. The molecule has 4 amide bonds. The van der Waals surface area contributed by atoms with Gasteiger partial charge in [0.1, 0.15) is 17.9 Å². The van der Waals surface area contributed by atoms with Gasteiger partial charge in [-0.1, -0.05) is 70.9 Å². The second-order valence-corrected chi connectivity index (χ2v) is 16.2. The predicted molar refractivity (Wildman–Crippen MR) is 230 cm³/mol. The van der Waals surface area contributed by atoms with Crippen molar-refractivity contribution in [2.75, 3.05) is 27.3 Å². The Balaban J connectivity index is 1.08. The van der Waals surface area contributed by atoms with E-state index in [1.807, 2.05) is 62.9 Å². The molecule has 2 aliphatic rings. The number of ether oxygens (including phenoxy) is 2. The summed E-state index contributed by atoms with van der Waals surface area (Å²) in [5.41, 5.74) is 4.90. The van der Waals surface area contributed by atoms with Crippen molar-refractivity contribution in [1.82, 2.24) is 35.4 Å². The molecule has 60 heavy (non-hydrogen) atoms. The molecule has 0 saturated carbocycles. The number of alkyl carbamates (subject to hydrolysis) is 2. The van der Waals surface area contributed by atoms with Crippen LogP contribution in [-0.2, 0) is 19.1 Å². The lowest BCUT2D eigenvalue weighted by atomic mass is 9.97. The smallest absolute Gasteiger partial charge is 0.407 e. The SMILES string of the molecule is CC[C@H](C)[C@H](NC(=O)OC)C(=O)N1CCCC1c1cc(=O)c2cc(-c3ccc4cc(-c5cnc([C@@H]6CCCN6C(=O)[C@@H](NC(=O)OC)[C@@H](C)CC)[nH]5)ccc4c3)ccc2[nH]1. The summed E-state index contributed by atoms with van der Waals surface area (Å²) in [6, 6.07) is 17.9. The minimum Gasteiger partial charge on any atom is -0.453 e. The maximum absolute atomic E-state index is 13.8. The van der Waals surface area contributed by atoms with Gasteiger partial charge in [0.2, 0.25) is 11.8 Å². The maximum Gasteiger partial charge on any atom is 0.407 e. The molecule has 4 N–H and O–H groups in total. The molecule has 2 saturated heterocycles. The summed E-state index contributed by atoms with van der Waals surface area (Å²) >= 11 is 0. The molecule has 14 nitrogen and oxygen atoms in total. The van der Waals surface area contributed by atoms with Crippen molar-refractivity contribution >= 4 is 45.7 Å². The lowest BCUT2D eigenvalue weighted by Gasteiger charge is -2.31. The van der Waals surface area contributed by atoms with Crippen LogP contribution in [0.5, 0.6) is 0 Å². The van der Waals surface area contributed by atoms with Crippen molar-refractivity contribution < 1.29 is 28.7 Å². The van der Waals surface area contributed by atoms with Gasteiger partial charge < -0.3 is 39.9 Å². The summed E-state index contributed by atoms with van der Waals surface area (Å²) in [5.74, 6) is 0.224. The number of carbonyl (C=O) groups is 4. The highest BCUT2D eigenvalue weighted by Gasteiger charge is 2.39. The molecule has 2 aliphatic heterocycles. The standard InChI is InChI=1S/C46H55N7O7/c1-7-26(3)40(50-45(57)59-5)43(55)52-19-9-11-37(52)35-24-39(54)33-23-31(17-18-34(33)48-35)29-13-14-30-22-32(16-15-28(30)21-29)36-25-47-42(49-36)38-12-10-20-53(38)44(56)41(27(4)8-2)51-46(58)60-6/h13-18,21-27,37-38,40-41H,7-12,19-20H2,1-6H3,(H,47,49)(H,48,54)(H,50,57)(H,51,58)/t26-,27-,37?,38-,40-,41-/m0/s1. The van der Waals surface area contributed by atoms with Crippen molar-refractivity contribution in [3.8, 4) is 22.4 Å². The van der Waals surface area contributed by atoms with E-state index in [9.17, 15) is 24.0 Å². The second kappa shape index (κ2) is 18.0. The van der Waals surface area contributed by atoms with Crippen LogP contribution in [0.2, 0.25) is 0 Å². The minimum absolute atomic E-state index is 0.0679. The number of amides is 4. The first kappa shape index (κ1) is 42.0. The molecule has 0 spiro atoms. The zero-order valence-corrected chi connectivity index (χ0v) is 35.2. The van der Waals surface area contributed by atoms with E-state index in [-0.39, 0.29) is 41.2 Å². The van der Waals surface area contributed by atoms with E-state index in [1.165, 1.54) is 14.2 Å². The van der Waals surface area contributed by atoms with Crippen molar-refractivity contribution in [2.24, 2.45) is 11.8 Å². The van der Waals surface area contributed by atoms with E-state index in [0.717, 1.165) is 58.8 Å². The van der Waals surface area contributed by atoms with Crippen molar-refractivity contribution in [3.63, 3.8) is 0 Å². The predicted octanol–water partition coefficient (Wildman–Crippen LogP) is 7.61. The summed E-state index contributed by atoms with van der Waals surface area (Å²) in [6.07, 6.45) is 5.04. The van der Waals surface area contributed by atoms with Gasteiger partial charge >= 0.3 is 12.2 Å². The molecular weight excluding hydrogens is 763 g/mol. The molecule has 2 aromatic heterocycles. The van der Waals surface area contributed by atoms with Gasteiger partial charge in [-0.3, -0.25) is 14.4 Å². The fourth-order valence-electron chi connectivity index (χ4n) is 8.64. The largest absolute Gasteiger partial charge is 0.453 e. The molecule has 5 aromatic rings. The number of aromatic amines is 2. The van der Waals surface area contributed by atoms with Crippen molar-refractivity contribution in [3.05, 3.63) is 88.6 Å². The van der Waals surface area contributed by atoms with Crippen LogP contribution in [0.1, 0.15) is 89.8 Å². The highest BCUT2D eigenvalue weighted by Crippen LogP contribution is 2.36. The topological polar surface area (TPSA) is 179 Å². The Morgan fingerprint density at radius 1 is 0.733 bits per heavy atom. The summed E-state index contributed by atoms with van der Waals surface area (Å²) in [4.78, 5) is 80.7. The Bertz CT molecular complexity index is 2460. The molecule has 0 radical (unpaired) electrons. The molecule has 0 bridgehead atoms. The Labute approximate surface area is 349 Å². The first-order chi connectivity index (χ1) is 28.9. The number of H-pyrrole nitrogens is 2. The van der Waals surface area contributed by atoms with E-state index in [0.29, 0.717) is 48.4 Å². The van der Waals surface area contributed by atoms with Crippen LogP contribution < -0.4 is 16.1 Å².